The Labute approximate surface area is 134 Å². The molecule has 5 heteroatoms. The number of nitrogens with one attached hydrogen (secondary N) is 2. The number of likely N-dealkylation sites (tertiary alicyclic amines) is 1. The largest absolute Gasteiger partial charge is 0.338 e. The lowest BCUT2D eigenvalue weighted by molar-refractivity contribution is -0.125. The molecular weight excluding hydrogens is 276 g/mol. The molecule has 0 bridgehead atoms. The number of carbonyl (C=O) groups is 1. The average Bonchev–Trinajstić information content (AvgIpc) is 3.07. The first-order valence-corrected chi connectivity index (χ1v) is 8.38. The van der Waals surface area contributed by atoms with Crippen molar-refractivity contribution in [3.8, 4) is 6.07 Å². The number of allylic oxidation sites excluding steroid dienone is 1. The fourth-order valence-electron chi connectivity index (χ4n) is 3.08. The molecule has 1 amide bonds. The van der Waals surface area contributed by atoms with Crippen molar-refractivity contribution in [2.24, 2.45) is 11.8 Å². The number of piperidine rings is 1. The summed E-state index contributed by atoms with van der Waals surface area (Å²) < 4.78 is 0. The van der Waals surface area contributed by atoms with Gasteiger partial charge in [-0.25, -0.2) is 0 Å². The van der Waals surface area contributed by atoms with Crippen molar-refractivity contribution < 1.29 is 4.79 Å². The van der Waals surface area contributed by atoms with Gasteiger partial charge in [0.15, 0.2) is 0 Å². The molecule has 2 aliphatic rings. The molecule has 0 aromatic heterocycles. The normalized spacial score (nSPS) is 22.7. The first-order chi connectivity index (χ1) is 10.7. The Morgan fingerprint density at radius 1 is 1.36 bits per heavy atom. The van der Waals surface area contributed by atoms with Crippen LogP contribution in [-0.4, -0.2) is 50.6 Å². The molecule has 0 spiro atoms. The maximum atomic E-state index is 12.1. The summed E-state index contributed by atoms with van der Waals surface area (Å²) in [7, 11) is 1.93. The molecule has 2 aliphatic heterocycles. The summed E-state index contributed by atoms with van der Waals surface area (Å²) in [5.74, 6) is 1.30. The van der Waals surface area contributed by atoms with Crippen LogP contribution in [0.4, 0.5) is 0 Å². The van der Waals surface area contributed by atoms with E-state index in [1.165, 1.54) is 12.8 Å². The van der Waals surface area contributed by atoms with E-state index in [2.05, 4.69) is 17.6 Å². The molecule has 1 atom stereocenters. The third kappa shape index (κ3) is 5.43. The van der Waals surface area contributed by atoms with Gasteiger partial charge >= 0.3 is 0 Å². The Balaban J connectivity index is 0.000000541. The molecule has 0 aromatic carbocycles. The standard InChI is InChI=1S/C14H21N3O.C3H9N/c1-2-11(9-15)14(18)17-8-5-13(10-17)12-3-6-16-7-4-12;1-3-4-2/h2,12-13,16H,3-8,10H2,1H3;4H,3H2,1-2H3/b11-2+;. The van der Waals surface area contributed by atoms with E-state index < -0.39 is 0 Å². The van der Waals surface area contributed by atoms with E-state index in [9.17, 15) is 4.79 Å². The van der Waals surface area contributed by atoms with E-state index in [1.54, 1.807) is 13.0 Å². The highest BCUT2D eigenvalue weighted by atomic mass is 16.2. The molecule has 2 saturated heterocycles. The van der Waals surface area contributed by atoms with Crippen molar-refractivity contribution in [3.05, 3.63) is 11.6 Å². The van der Waals surface area contributed by atoms with Gasteiger partial charge in [0.2, 0.25) is 0 Å². The summed E-state index contributed by atoms with van der Waals surface area (Å²) in [6.07, 6.45) is 5.15. The number of hydrogen-bond acceptors (Lipinski definition) is 4. The number of carbonyl (C=O) groups excluding carboxylic acids is 1. The van der Waals surface area contributed by atoms with Crippen molar-refractivity contribution in [1.29, 1.82) is 5.26 Å². The first-order valence-electron chi connectivity index (χ1n) is 8.38. The molecule has 1 unspecified atom stereocenters. The molecule has 0 aromatic rings. The Kier molecular flexibility index (Phi) is 8.79. The van der Waals surface area contributed by atoms with E-state index in [0.29, 0.717) is 5.92 Å². The molecule has 2 fully saturated rings. The van der Waals surface area contributed by atoms with Gasteiger partial charge < -0.3 is 15.5 Å². The lowest BCUT2D eigenvalue weighted by atomic mass is 9.84. The zero-order chi connectivity index (χ0) is 16.4. The molecule has 0 radical (unpaired) electrons. The van der Waals surface area contributed by atoms with Gasteiger partial charge in [-0.2, -0.15) is 5.26 Å². The van der Waals surface area contributed by atoms with Gasteiger partial charge in [0.1, 0.15) is 11.6 Å². The topological polar surface area (TPSA) is 68.2 Å². The summed E-state index contributed by atoms with van der Waals surface area (Å²) in [4.78, 5) is 13.9. The lowest BCUT2D eigenvalue weighted by Gasteiger charge is -2.28. The van der Waals surface area contributed by atoms with Crippen molar-refractivity contribution in [2.75, 3.05) is 39.8 Å². The highest BCUT2D eigenvalue weighted by Crippen LogP contribution is 2.30. The smallest absolute Gasteiger partial charge is 0.264 e. The summed E-state index contributed by atoms with van der Waals surface area (Å²) in [6, 6.07) is 1.98. The highest BCUT2D eigenvalue weighted by molar-refractivity contribution is 5.97. The number of rotatable bonds is 3. The van der Waals surface area contributed by atoms with Gasteiger partial charge in [-0.15, -0.1) is 0 Å². The third-order valence-electron chi connectivity index (χ3n) is 4.56. The van der Waals surface area contributed by atoms with Crippen LogP contribution < -0.4 is 10.6 Å². The van der Waals surface area contributed by atoms with Gasteiger partial charge in [-0.05, 0) is 64.7 Å². The highest BCUT2D eigenvalue weighted by Gasteiger charge is 2.33. The Bertz CT molecular complexity index is 405. The van der Waals surface area contributed by atoms with Gasteiger partial charge in [0.25, 0.3) is 5.91 Å². The second kappa shape index (κ2) is 10.4. The predicted molar refractivity (Wildman–Crippen MR) is 89.3 cm³/mol. The Hall–Kier alpha value is -1.38. The number of nitriles is 1. The van der Waals surface area contributed by atoms with Crippen LogP contribution >= 0.6 is 0 Å². The minimum Gasteiger partial charge on any atom is -0.338 e. The second-order valence-corrected chi connectivity index (χ2v) is 5.91. The fraction of sp³-hybridized carbons (Fsp3) is 0.765. The van der Waals surface area contributed by atoms with Gasteiger partial charge in [0.05, 0.1) is 0 Å². The zero-order valence-electron chi connectivity index (χ0n) is 14.2. The van der Waals surface area contributed by atoms with Crippen LogP contribution in [0.15, 0.2) is 11.6 Å². The molecule has 2 rings (SSSR count). The van der Waals surface area contributed by atoms with Crippen LogP contribution in [0, 0.1) is 23.2 Å². The van der Waals surface area contributed by atoms with Crippen LogP contribution in [0.1, 0.15) is 33.1 Å². The summed E-state index contributed by atoms with van der Waals surface area (Å²) in [6.45, 7) is 8.74. The summed E-state index contributed by atoms with van der Waals surface area (Å²) in [5, 5.41) is 15.2. The Morgan fingerprint density at radius 3 is 2.50 bits per heavy atom. The van der Waals surface area contributed by atoms with Crippen molar-refractivity contribution >= 4 is 5.91 Å². The van der Waals surface area contributed by atoms with Gasteiger partial charge in [0, 0.05) is 13.1 Å². The van der Waals surface area contributed by atoms with Crippen molar-refractivity contribution in [2.45, 2.75) is 33.1 Å². The number of hydrogen-bond donors (Lipinski definition) is 2. The molecule has 5 nitrogen and oxygen atoms in total. The molecular formula is C17H30N4O. The minimum atomic E-state index is -0.0866. The fourth-order valence-corrected chi connectivity index (χ4v) is 3.08. The molecule has 0 saturated carbocycles. The average molecular weight is 306 g/mol. The molecule has 22 heavy (non-hydrogen) atoms. The van der Waals surface area contributed by atoms with Gasteiger partial charge in [-0.3, -0.25) is 4.79 Å². The van der Waals surface area contributed by atoms with Crippen LogP contribution in [0.3, 0.4) is 0 Å². The monoisotopic (exact) mass is 306 g/mol. The summed E-state index contributed by atoms with van der Waals surface area (Å²) >= 11 is 0. The van der Waals surface area contributed by atoms with Crippen LogP contribution in [0.25, 0.3) is 0 Å². The zero-order valence-corrected chi connectivity index (χ0v) is 14.2. The lowest BCUT2D eigenvalue weighted by Crippen LogP contribution is -2.34. The third-order valence-corrected chi connectivity index (χ3v) is 4.56. The molecule has 2 heterocycles. The van der Waals surface area contributed by atoms with Crippen LogP contribution in [0.5, 0.6) is 0 Å². The SMILES string of the molecule is C/C=C(\C#N)C(=O)N1CCC(C2CCNCC2)C1.CCNC. The quantitative estimate of drug-likeness (QED) is 0.613. The second-order valence-electron chi connectivity index (χ2n) is 5.91. The summed E-state index contributed by atoms with van der Waals surface area (Å²) in [5.41, 5.74) is 0.279. The maximum absolute atomic E-state index is 12.1. The molecule has 0 aliphatic carbocycles. The van der Waals surface area contributed by atoms with E-state index >= 15 is 0 Å². The first kappa shape index (κ1) is 18.7. The van der Waals surface area contributed by atoms with E-state index in [1.807, 2.05) is 18.0 Å². The van der Waals surface area contributed by atoms with Crippen molar-refractivity contribution in [3.63, 3.8) is 0 Å². The van der Waals surface area contributed by atoms with Gasteiger partial charge in [-0.1, -0.05) is 13.0 Å². The maximum Gasteiger partial charge on any atom is 0.264 e. The van der Waals surface area contributed by atoms with Crippen molar-refractivity contribution in [1.82, 2.24) is 15.5 Å². The number of nitrogens with zero attached hydrogens (tertiary/aromatic N) is 2. The minimum absolute atomic E-state index is 0.0866. The van der Waals surface area contributed by atoms with E-state index in [0.717, 1.165) is 45.1 Å². The number of amides is 1. The van der Waals surface area contributed by atoms with Crippen LogP contribution in [-0.2, 0) is 4.79 Å². The Morgan fingerprint density at radius 2 is 2.00 bits per heavy atom. The predicted octanol–water partition coefficient (Wildman–Crippen LogP) is 1.53. The molecule has 2 N–H and O–H groups in total. The van der Waals surface area contributed by atoms with Crippen LogP contribution in [0.2, 0.25) is 0 Å². The van der Waals surface area contributed by atoms with E-state index in [4.69, 9.17) is 5.26 Å². The molecule has 124 valence electrons. The van der Waals surface area contributed by atoms with E-state index in [-0.39, 0.29) is 11.5 Å².